The Morgan fingerprint density at radius 1 is 0.889 bits per heavy atom. The van der Waals surface area contributed by atoms with Crippen molar-refractivity contribution in [3.05, 3.63) is 53.7 Å². The number of nitrogens with zero attached hydrogens (tertiary/aromatic N) is 1. The van der Waals surface area contributed by atoms with Crippen molar-refractivity contribution in [2.24, 2.45) is 0 Å². The zero-order valence-electron chi connectivity index (χ0n) is 9.35. The van der Waals surface area contributed by atoms with Crippen LogP contribution in [0.4, 0.5) is 0 Å². The predicted molar refractivity (Wildman–Crippen MR) is 74.0 cm³/mol. The van der Waals surface area contributed by atoms with Crippen LogP contribution in [0.3, 0.4) is 0 Å². The fourth-order valence-electron chi connectivity index (χ4n) is 2.31. The van der Waals surface area contributed by atoms with Crippen LogP contribution in [-0.2, 0) is 0 Å². The second-order valence-electron chi connectivity index (χ2n) is 4.28. The van der Waals surface area contributed by atoms with Crippen LogP contribution in [0, 0.1) is 0 Å². The number of pyridine rings is 1. The highest BCUT2D eigenvalue weighted by atomic mass is 35.5. The maximum Gasteiger partial charge on any atom is 0.153 e. The van der Waals surface area contributed by atoms with E-state index < -0.39 is 0 Å². The van der Waals surface area contributed by atoms with Crippen molar-refractivity contribution in [2.75, 3.05) is 0 Å². The smallest absolute Gasteiger partial charge is 0.153 e. The van der Waals surface area contributed by atoms with E-state index in [1.54, 1.807) is 6.07 Å². The second-order valence-corrected chi connectivity index (χ2v) is 4.67. The van der Waals surface area contributed by atoms with E-state index in [1.807, 2.05) is 24.3 Å². The van der Waals surface area contributed by atoms with E-state index >= 15 is 0 Å². The van der Waals surface area contributed by atoms with Gasteiger partial charge in [-0.3, -0.25) is 0 Å². The molecule has 0 N–H and O–H groups in total. The molecule has 3 heteroatoms. The number of halogens is 1. The Kier molecular flexibility index (Phi) is 1.91. The zero-order valence-corrected chi connectivity index (χ0v) is 10.1. The molecule has 2 nitrogen and oxygen atoms in total. The number of hydrogen-bond acceptors (Lipinski definition) is 2. The molecule has 86 valence electrons. The summed E-state index contributed by atoms with van der Waals surface area (Å²) in [5.41, 5.74) is 2.44. The maximum absolute atomic E-state index is 5.94. The zero-order chi connectivity index (χ0) is 12.1. The number of aromatic nitrogens is 1. The van der Waals surface area contributed by atoms with E-state index in [0.717, 1.165) is 27.5 Å². The monoisotopic (exact) mass is 253 g/mol. The minimum absolute atomic E-state index is 0.485. The SMILES string of the molecule is Clc1ccc2oc3cc4ccccc4cc3c2n1. The van der Waals surface area contributed by atoms with Crippen molar-refractivity contribution >= 4 is 44.4 Å². The first kappa shape index (κ1) is 9.92. The van der Waals surface area contributed by atoms with Crippen LogP contribution in [0.15, 0.2) is 52.9 Å². The average molecular weight is 254 g/mol. The first-order chi connectivity index (χ1) is 8.81. The summed E-state index contributed by atoms with van der Waals surface area (Å²) in [6.07, 6.45) is 0. The molecule has 0 aliphatic rings. The molecule has 0 unspecified atom stereocenters. The second kappa shape index (κ2) is 3.47. The van der Waals surface area contributed by atoms with Gasteiger partial charge in [-0.2, -0.15) is 0 Å². The van der Waals surface area contributed by atoms with Gasteiger partial charge in [-0.15, -0.1) is 0 Å². The van der Waals surface area contributed by atoms with Crippen molar-refractivity contribution in [1.29, 1.82) is 0 Å². The Hall–Kier alpha value is -2.06. The lowest BCUT2D eigenvalue weighted by Gasteiger charge is -1.96. The number of rotatable bonds is 0. The van der Waals surface area contributed by atoms with E-state index in [-0.39, 0.29) is 0 Å². The lowest BCUT2D eigenvalue weighted by atomic mass is 10.1. The van der Waals surface area contributed by atoms with E-state index in [1.165, 1.54) is 5.39 Å². The molecule has 4 rings (SSSR count). The van der Waals surface area contributed by atoms with Gasteiger partial charge in [0.1, 0.15) is 16.3 Å². The minimum atomic E-state index is 0.485. The third-order valence-electron chi connectivity index (χ3n) is 3.15. The van der Waals surface area contributed by atoms with Gasteiger partial charge >= 0.3 is 0 Å². The quantitative estimate of drug-likeness (QED) is 0.421. The van der Waals surface area contributed by atoms with Crippen molar-refractivity contribution < 1.29 is 4.42 Å². The predicted octanol–water partition coefficient (Wildman–Crippen LogP) is 4.79. The van der Waals surface area contributed by atoms with Crippen LogP contribution in [0.25, 0.3) is 32.8 Å². The highest BCUT2D eigenvalue weighted by Gasteiger charge is 2.09. The summed E-state index contributed by atoms with van der Waals surface area (Å²) in [7, 11) is 0. The Morgan fingerprint density at radius 3 is 2.50 bits per heavy atom. The molecule has 18 heavy (non-hydrogen) atoms. The normalized spacial score (nSPS) is 11.6. The van der Waals surface area contributed by atoms with Gasteiger partial charge in [-0.1, -0.05) is 35.9 Å². The van der Waals surface area contributed by atoms with E-state index in [2.05, 4.69) is 23.2 Å². The summed E-state index contributed by atoms with van der Waals surface area (Å²) in [6, 6.07) is 15.9. The molecule has 0 saturated heterocycles. The first-order valence-corrected chi connectivity index (χ1v) is 6.07. The minimum Gasteiger partial charge on any atom is -0.454 e. The Bertz CT molecular complexity index is 895. The highest BCUT2D eigenvalue weighted by molar-refractivity contribution is 6.30. The molecule has 2 heterocycles. The van der Waals surface area contributed by atoms with Gasteiger partial charge < -0.3 is 4.42 Å². The lowest BCUT2D eigenvalue weighted by molar-refractivity contribution is 0.668. The van der Waals surface area contributed by atoms with Crippen molar-refractivity contribution in [1.82, 2.24) is 4.98 Å². The van der Waals surface area contributed by atoms with Gasteiger partial charge in [0.15, 0.2) is 5.58 Å². The van der Waals surface area contributed by atoms with Gasteiger partial charge in [0.05, 0.1) is 0 Å². The fourth-order valence-corrected chi connectivity index (χ4v) is 2.45. The van der Waals surface area contributed by atoms with Crippen molar-refractivity contribution in [3.8, 4) is 0 Å². The number of furan rings is 1. The molecule has 0 aliphatic heterocycles. The van der Waals surface area contributed by atoms with Gasteiger partial charge in [-0.05, 0) is 35.0 Å². The number of hydrogen-bond donors (Lipinski definition) is 0. The standard InChI is InChI=1S/C15H8ClNO/c16-14-6-5-12-15(17-14)11-7-9-3-1-2-4-10(9)8-13(11)18-12/h1-8H. The first-order valence-electron chi connectivity index (χ1n) is 5.69. The summed E-state index contributed by atoms with van der Waals surface area (Å²) in [5, 5.41) is 3.83. The fraction of sp³-hybridized carbons (Fsp3) is 0. The van der Waals surface area contributed by atoms with Crippen LogP contribution in [0.2, 0.25) is 5.15 Å². The molecule has 4 aromatic rings. The number of fused-ring (bicyclic) bond motifs is 4. The summed E-state index contributed by atoms with van der Waals surface area (Å²) >= 11 is 5.94. The van der Waals surface area contributed by atoms with Crippen LogP contribution in [-0.4, -0.2) is 4.98 Å². The van der Waals surface area contributed by atoms with Gasteiger partial charge in [-0.25, -0.2) is 4.98 Å². The molecule has 0 amide bonds. The van der Waals surface area contributed by atoms with Crippen LogP contribution in [0.1, 0.15) is 0 Å². The molecule has 0 spiro atoms. The van der Waals surface area contributed by atoms with Crippen molar-refractivity contribution in [3.63, 3.8) is 0 Å². The molecule has 2 aromatic heterocycles. The van der Waals surface area contributed by atoms with E-state index in [0.29, 0.717) is 5.15 Å². The summed E-state index contributed by atoms with van der Waals surface area (Å²) in [4.78, 5) is 4.34. The molecular formula is C15H8ClNO. The third kappa shape index (κ3) is 1.33. The Labute approximate surface area is 108 Å². The average Bonchev–Trinajstić information content (AvgIpc) is 2.73. The summed E-state index contributed by atoms with van der Waals surface area (Å²) in [5.74, 6) is 0. The molecule has 0 saturated carbocycles. The molecular weight excluding hydrogens is 246 g/mol. The van der Waals surface area contributed by atoms with Crippen LogP contribution in [0.5, 0.6) is 0 Å². The molecule has 0 atom stereocenters. The van der Waals surface area contributed by atoms with Crippen LogP contribution >= 0.6 is 11.6 Å². The largest absolute Gasteiger partial charge is 0.454 e. The van der Waals surface area contributed by atoms with Gasteiger partial charge in [0.25, 0.3) is 0 Å². The van der Waals surface area contributed by atoms with Gasteiger partial charge in [0, 0.05) is 5.39 Å². The molecule has 0 radical (unpaired) electrons. The number of benzene rings is 2. The van der Waals surface area contributed by atoms with E-state index in [9.17, 15) is 0 Å². The van der Waals surface area contributed by atoms with Gasteiger partial charge in [0.2, 0.25) is 0 Å². The van der Waals surface area contributed by atoms with Crippen molar-refractivity contribution in [2.45, 2.75) is 0 Å². The maximum atomic E-state index is 5.94. The molecule has 0 fully saturated rings. The molecule has 0 bridgehead atoms. The van der Waals surface area contributed by atoms with Crippen LogP contribution < -0.4 is 0 Å². The summed E-state index contributed by atoms with van der Waals surface area (Å²) in [6.45, 7) is 0. The molecule has 2 aromatic carbocycles. The summed E-state index contributed by atoms with van der Waals surface area (Å²) < 4.78 is 5.79. The lowest BCUT2D eigenvalue weighted by Crippen LogP contribution is -1.76. The highest BCUT2D eigenvalue weighted by Crippen LogP contribution is 2.31. The third-order valence-corrected chi connectivity index (χ3v) is 3.36. The Morgan fingerprint density at radius 2 is 1.67 bits per heavy atom. The van der Waals surface area contributed by atoms with E-state index in [4.69, 9.17) is 16.0 Å². The Balaban J connectivity index is 2.25. The molecule has 0 aliphatic carbocycles. The topological polar surface area (TPSA) is 26.0 Å².